The van der Waals surface area contributed by atoms with Gasteiger partial charge in [-0.2, -0.15) is 0 Å². The van der Waals surface area contributed by atoms with Gasteiger partial charge >= 0.3 is 0 Å². The molecule has 0 bridgehead atoms. The molecular formula is C19H23NO3. The van der Waals surface area contributed by atoms with Crippen LogP contribution in [-0.4, -0.2) is 27.2 Å². The topological polar surface area (TPSA) is 38.8 Å². The van der Waals surface area contributed by atoms with Crippen molar-refractivity contribution in [1.29, 1.82) is 0 Å². The minimum absolute atomic E-state index is 0.122. The second kappa shape index (κ2) is 8.22. The number of para-hydroxylation sites is 1. The molecule has 0 atom stereocenters. The van der Waals surface area contributed by atoms with E-state index in [1.165, 1.54) is 0 Å². The van der Waals surface area contributed by atoms with Crippen LogP contribution in [0.15, 0.2) is 48.5 Å². The molecule has 122 valence electrons. The van der Waals surface area contributed by atoms with Crippen LogP contribution in [0.5, 0.6) is 11.5 Å². The number of nitrogens with zero attached hydrogens (tertiary/aromatic N) is 1. The van der Waals surface area contributed by atoms with Crippen molar-refractivity contribution >= 4 is 11.6 Å². The largest absolute Gasteiger partial charge is 0.493 e. The van der Waals surface area contributed by atoms with Gasteiger partial charge in [-0.1, -0.05) is 24.3 Å². The van der Waals surface area contributed by atoms with Crippen LogP contribution in [0.1, 0.15) is 18.4 Å². The zero-order valence-electron chi connectivity index (χ0n) is 13.9. The van der Waals surface area contributed by atoms with E-state index in [-0.39, 0.29) is 5.91 Å². The molecule has 4 heteroatoms. The van der Waals surface area contributed by atoms with E-state index in [1.54, 1.807) is 19.1 Å². The van der Waals surface area contributed by atoms with Gasteiger partial charge in [0.15, 0.2) is 11.5 Å². The lowest BCUT2D eigenvalue weighted by molar-refractivity contribution is -0.118. The first-order valence-corrected chi connectivity index (χ1v) is 7.68. The Morgan fingerprint density at radius 1 is 1.00 bits per heavy atom. The van der Waals surface area contributed by atoms with Gasteiger partial charge in [-0.25, -0.2) is 0 Å². The van der Waals surface area contributed by atoms with E-state index in [2.05, 4.69) is 0 Å². The van der Waals surface area contributed by atoms with E-state index in [1.807, 2.05) is 55.6 Å². The predicted octanol–water partition coefficient (Wildman–Crippen LogP) is 3.69. The number of hydrogen-bond donors (Lipinski definition) is 0. The van der Waals surface area contributed by atoms with Gasteiger partial charge in [-0.3, -0.25) is 4.79 Å². The zero-order chi connectivity index (χ0) is 16.7. The van der Waals surface area contributed by atoms with Gasteiger partial charge in [0.2, 0.25) is 5.91 Å². The summed E-state index contributed by atoms with van der Waals surface area (Å²) in [6, 6.07) is 15.5. The third-order valence-electron chi connectivity index (χ3n) is 3.82. The van der Waals surface area contributed by atoms with E-state index < -0.39 is 0 Å². The standard InChI is InChI=1S/C19H23NO3/c1-20(16-9-5-4-6-10-16)19(21)11-7-8-15-12-13-17(22-2)18(14-15)23-3/h4-6,9-10,12-14H,7-8,11H2,1-3H3. The molecule has 0 aromatic heterocycles. The van der Waals surface area contributed by atoms with Crippen molar-refractivity contribution in [2.75, 3.05) is 26.2 Å². The predicted molar refractivity (Wildman–Crippen MR) is 92.3 cm³/mol. The van der Waals surface area contributed by atoms with Crippen LogP contribution in [-0.2, 0) is 11.2 Å². The lowest BCUT2D eigenvalue weighted by atomic mass is 10.1. The number of benzene rings is 2. The molecule has 0 aliphatic rings. The van der Waals surface area contributed by atoms with Gasteiger partial charge in [-0.05, 0) is 42.7 Å². The first-order chi connectivity index (χ1) is 11.2. The highest BCUT2D eigenvalue weighted by atomic mass is 16.5. The zero-order valence-corrected chi connectivity index (χ0v) is 13.9. The Kier molecular flexibility index (Phi) is 6.03. The van der Waals surface area contributed by atoms with Crippen LogP contribution in [0.2, 0.25) is 0 Å². The van der Waals surface area contributed by atoms with Crippen molar-refractivity contribution in [2.45, 2.75) is 19.3 Å². The number of methoxy groups -OCH3 is 2. The highest BCUT2D eigenvalue weighted by Gasteiger charge is 2.11. The lowest BCUT2D eigenvalue weighted by Crippen LogP contribution is -2.25. The van der Waals surface area contributed by atoms with Crippen molar-refractivity contribution in [1.82, 2.24) is 0 Å². The third kappa shape index (κ3) is 4.49. The Bertz CT molecular complexity index is 640. The number of aryl methyl sites for hydroxylation is 1. The summed E-state index contributed by atoms with van der Waals surface area (Å²) in [5.74, 6) is 1.56. The van der Waals surface area contributed by atoms with E-state index in [0.29, 0.717) is 6.42 Å². The number of carbonyl (C=O) groups is 1. The maximum Gasteiger partial charge on any atom is 0.226 e. The number of anilines is 1. The molecule has 0 radical (unpaired) electrons. The second-order valence-electron chi connectivity index (χ2n) is 5.33. The molecule has 0 saturated heterocycles. The van der Waals surface area contributed by atoms with Crippen molar-refractivity contribution in [3.05, 3.63) is 54.1 Å². The average molecular weight is 313 g/mol. The summed E-state index contributed by atoms with van der Waals surface area (Å²) in [7, 11) is 5.06. The van der Waals surface area contributed by atoms with Crippen molar-refractivity contribution in [3.63, 3.8) is 0 Å². The minimum Gasteiger partial charge on any atom is -0.493 e. The summed E-state index contributed by atoms with van der Waals surface area (Å²) in [4.78, 5) is 13.9. The van der Waals surface area contributed by atoms with E-state index >= 15 is 0 Å². The maximum atomic E-state index is 12.2. The van der Waals surface area contributed by atoms with Crippen LogP contribution in [0.3, 0.4) is 0 Å². The van der Waals surface area contributed by atoms with Crippen LogP contribution in [0.25, 0.3) is 0 Å². The first kappa shape index (κ1) is 16.9. The molecule has 2 rings (SSSR count). The SMILES string of the molecule is COc1ccc(CCCC(=O)N(C)c2ccccc2)cc1OC. The minimum atomic E-state index is 0.122. The molecule has 0 aliphatic carbocycles. The molecule has 0 unspecified atom stereocenters. The fourth-order valence-corrected chi connectivity index (χ4v) is 2.44. The second-order valence-corrected chi connectivity index (χ2v) is 5.33. The van der Waals surface area contributed by atoms with E-state index in [9.17, 15) is 4.79 Å². The lowest BCUT2D eigenvalue weighted by Gasteiger charge is -2.17. The summed E-state index contributed by atoms with van der Waals surface area (Å²) in [6.45, 7) is 0. The van der Waals surface area contributed by atoms with Crippen molar-refractivity contribution in [3.8, 4) is 11.5 Å². The number of ether oxygens (including phenoxy) is 2. The molecule has 0 spiro atoms. The number of amides is 1. The Labute approximate surface area is 137 Å². The summed E-state index contributed by atoms with van der Waals surface area (Å²) in [6.07, 6.45) is 2.14. The first-order valence-electron chi connectivity index (χ1n) is 7.68. The normalized spacial score (nSPS) is 10.2. The van der Waals surface area contributed by atoms with E-state index in [0.717, 1.165) is 35.6 Å². The molecule has 4 nitrogen and oxygen atoms in total. The number of rotatable bonds is 7. The average Bonchev–Trinajstić information content (AvgIpc) is 2.61. The molecule has 0 aliphatic heterocycles. The molecule has 0 heterocycles. The number of hydrogen-bond acceptors (Lipinski definition) is 3. The van der Waals surface area contributed by atoms with Gasteiger partial charge in [0.25, 0.3) is 0 Å². The molecule has 1 amide bonds. The summed E-state index contributed by atoms with van der Waals surface area (Å²) >= 11 is 0. The van der Waals surface area contributed by atoms with Crippen LogP contribution < -0.4 is 14.4 Å². The van der Waals surface area contributed by atoms with Gasteiger partial charge in [0.05, 0.1) is 14.2 Å². The molecule has 2 aromatic rings. The molecule has 0 fully saturated rings. The molecule has 23 heavy (non-hydrogen) atoms. The highest BCUT2D eigenvalue weighted by molar-refractivity contribution is 5.92. The van der Waals surface area contributed by atoms with Gasteiger partial charge < -0.3 is 14.4 Å². The fourth-order valence-electron chi connectivity index (χ4n) is 2.44. The summed E-state index contributed by atoms with van der Waals surface area (Å²) in [5.41, 5.74) is 2.06. The van der Waals surface area contributed by atoms with Crippen LogP contribution in [0, 0.1) is 0 Å². The Morgan fingerprint density at radius 2 is 1.70 bits per heavy atom. The maximum absolute atomic E-state index is 12.2. The molecule has 0 saturated carbocycles. The van der Waals surface area contributed by atoms with Crippen LogP contribution in [0.4, 0.5) is 5.69 Å². The monoisotopic (exact) mass is 313 g/mol. The van der Waals surface area contributed by atoms with Crippen molar-refractivity contribution in [2.24, 2.45) is 0 Å². The molecule has 0 N–H and O–H groups in total. The summed E-state index contributed by atoms with van der Waals surface area (Å²) in [5, 5.41) is 0. The number of carbonyl (C=O) groups excluding carboxylic acids is 1. The van der Waals surface area contributed by atoms with Crippen molar-refractivity contribution < 1.29 is 14.3 Å². The Balaban J connectivity index is 1.88. The molecule has 2 aromatic carbocycles. The third-order valence-corrected chi connectivity index (χ3v) is 3.82. The van der Waals surface area contributed by atoms with Gasteiger partial charge in [0.1, 0.15) is 0 Å². The Hall–Kier alpha value is -2.49. The quantitative estimate of drug-likeness (QED) is 0.782. The van der Waals surface area contributed by atoms with Gasteiger partial charge in [0, 0.05) is 19.2 Å². The smallest absolute Gasteiger partial charge is 0.226 e. The fraction of sp³-hybridized carbons (Fsp3) is 0.316. The summed E-state index contributed by atoms with van der Waals surface area (Å²) < 4.78 is 10.5. The molecular weight excluding hydrogens is 290 g/mol. The van der Waals surface area contributed by atoms with E-state index in [4.69, 9.17) is 9.47 Å². The Morgan fingerprint density at radius 3 is 2.35 bits per heavy atom. The van der Waals surface area contributed by atoms with Gasteiger partial charge in [-0.15, -0.1) is 0 Å². The highest BCUT2D eigenvalue weighted by Crippen LogP contribution is 2.28. The van der Waals surface area contributed by atoms with Crippen LogP contribution >= 0.6 is 0 Å².